The maximum atomic E-state index is 5.82. The van der Waals surface area contributed by atoms with Crippen molar-refractivity contribution in [3.63, 3.8) is 0 Å². The summed E-state index contributed by atoms with van der Waals surface area (Å²) in [6, 6.07) is 0.512. The number of aromatic nitrogens is 3. The molecule has 6 heteroatoms. The van der Waals surface area contributed by atoms with Crippen LogP contribution in [-0.4, -0.2) is 40.1 Å². The number of nitrogens with zero attached hydrogens (tertiary/aromatic N) is 3. The molecule has 1 aromatic heterocycles. The van der Waals surface area contributed by atoms with E-state index in [1.54, 1.807) is 0 Å². The maximum absolute atomic E-state index is 5.82. The second-order valence-electron chi connectivity index (χ2n) is 6.15. The summed E-state index contributed by atoms with van der Waals surface area (Å²) in [7, 11) is 0. The summed E-state index contributed by atoms with van der Waals surface area (Å²) in [5.41, 5.74) is 0. The molecule has 2 aliphatic rings. The van der Waals surface area contributed by atoms with E-state index < -0.39 is 0 Å². The van der Waals surface area contributed by atoms with Crippen LogP contribution in [0.1, 0.15) is 52.0 Å². The number of morpholine rings is 1. The molecule has 0 radical (unpaired) electrons. The lowest BCUT2D eigenvalue weighted by Gasteiger charge is -2.37. The zero-order chi connectivity index (χ0) is 14.1. The van der Waals surface area contributed by atoms with E-state index in [-0.39, 0.29) is 12.2 Å². The van der Waals surface area contributed by atoms with Crippen LogP contribution in [0.2, 0.25) is 0 Å². The first-order valence-corrected chi connectivity index (χ1v) is 8.13. The number of nitrogens with one attached hydrogen (secondary N) is 1. The Labute approximate surface area is 125 Å². The molecule has 1 aromatic rings. The topological polar surface area (TPSA) is 46.1 Å². The third kappa shape index (κ3) is 2.76. The molecule has 20 heavy (non-hydrogen) atoms. The van der Waals surface area contributed by atoms with Crippen LogP contribution in [0.4, 0.5) is 5.95 Å². The van der Waals surface area contributed by atoms with Crippen LogP contribution < -0.4 is 4.90 Å². The van der Waals surface area contributed by atoms with Gasteiger partial charge in [-0.25, -0.2) is 5.10 Å². The number of rotatable bonds is 2. The Balaban J connectivity index is 1.87. The highest BCUT2D eigenvalue weighted by Gasteiger charge is 2.28. The molecular formula is C14H24N4OS. The SMILES string of the molecule is C[C@@H]1CN(c2n[nH]c(=S)n2C2CCCCC2)C[C@H](C)O1. The molecule has 1 aliphatic carbocycles. The van der Waals surface area contributed by atoms with Crippen LogP contribution in [-0.2, 0) is 4.74 Å². The molecule has 2 atom stereocenters. The average molecular weight is 296 g/mol. The van der Waals surface area contributed by atoms with Gasteiger partial charge >= 0.3 is 0 Å². The summed E-state index contributed by atoms with van der Waals surface area (Å²) in [6.07, 6.45) is 6.86. The molecule has 0 aromatic carbocycles. The van der Waals surface area contributed by atoms with Crippen LogP contribution in [0.25, 0.3) is 0 Å². The van der Waals surface area contributed by atoms with Crippen LogP contribution in [0.15, 0.2) is 0 Å². The fraction of sp³-hybridized carbons (Fsp3) is 0.857. The van der Waals surface area contributed by atoms with Gasteiger partial charge in [-0.1, -0.05) is 19.3 Å². The Hall–Kier alpha value is -0.880. The minimum Gasteiger partial charge on any atom is -0.372 e. The molecule has 0 unspecified atom stereocenters. The van der Waals surface area contributed by atoms with Gasteiger partial charge in [-0.2, -0.15) is 0 Å². The molecule has 1 N–H and O–H groups in total. The van der Waals surface area contributed by atoms with E-state index in [1.165, 1.54) is 32.1 Å². The molecule has 1 saturated carbocycles. The van der Waals surface area contributed by atoms with Crippen molar-refractivity contribution in [3.8, 4) is 0 Å². The maximum Gasteiger partial charge on any atom is 0.226 e. The van der Waals surface area contributed by atoms with Crippen LogP contribution >= 0.6 is 12.2 Å². The molecule has 2 heterocycles. The second-order valence-corrected chi connectivity index (χ2v) is 6.54. The van der Waals surface area contributed by atoms with E-state index in [4.69, 9.17) is 17.0 Å². The fourth-order valence-corrected chi connectivity index (χ4v) is 3.81. The van der Waals surface area contributed by atoms with Crippen molar-refractivity contribution < 1.29 is 4.74 Å². The summed E-state index contributed by atoms with van der Waals surface area (Å²) in [4.78, 5) is 2.32. The largest absolute Gasteiger partial charge is 0.372 e. The van der Waals surface area contributed by atoms with Gasteiger partial charge in [0.2, 0.25) is 5.95 Å². The fourth-order valence-electron chi connectivity index (χ4n) is 3.53. The van der Waals surface area contributed by atoms with E-state index in [1.807, 2.05) is 0 Å². The number of hydrogen-bond donors (Lipinski definition) is 1. The molecule has 3 rings (SSSR count). The first-order chi connectivity index (χ1) is 9.65. The minimum atomic E-state index is 0.240. The molecule has 0 spiro atoms. The van der Waals surface area contributed by atoms with Gasteiger partial charge in [0.25, 0.3) is 0 Å². The Morgan fingerprint density at radius 2 is 1.80 bits per heavy atom. The molecule has 112 valence electrons. The summed E-state index contributed by atoms with van der Waals surface area (Å²) < 4.78 is 8.83. The first-order valence-electron chi connectivity index (χ1n) is 7.72. The van der Waals surface area contributed by atoms with Crippen molar-refractivity contribution in [1.82, 2.24) is 14.8 Å². The molecule has 0 amide bonds. The lowest BCUT2D eigenvalue weighted by molar-refractivity contribution is -0.00603. The lowest BCUT2D eigenvalue weighted by Crippen LogP contribution is -2.46. The average Bonchev–Trinajstić information content (AvgIpc) is 2.80. The highest BCUT2D eigenvalue weighted by molar-refractivity contribution is 7.71. The predicted octanol–water partition coefficient (Wildman–Crippen LogP) is 3.06. The Morgan fingerprint density at radius 3 is 2.45 bits per heavy atom. The van der Waals surface area contributed by atoms with Gasteiger partial charge in [0, 0.05) is 19.1 Å². The molecule has 2 fully saturated rings. The minimum absolute atomic E-state index is 0.240. The smallest absolute Gasteiger partial charge is 0.226 e. The highest BCUT2D eigenvalue weighted by atomic mass is 32.1. The molecular weight excluding hydrogens is 272 g/mol. The molecule has 1 aliphatic heterocycles. The summed E-state index contributed by atoms with van der Waals surface area (Å²) in [6.45, 7) is 6.01. The van der Waals surface area contributed by atoms with E-state index in [0.717, 1.165) is 23.8 Å². The third-order valence-corrected chi connectivity index (χ3v) is 4.62. The van der Waals surface area contributed by atoms with Gasteiger partial charge in [0.05, 0.1) is 12.2 Å². The Bertz CT molecular complexity index is 496. The normalized spacial score (nSPS) is 28.8. The zero-order valence-corrected chi connectivity index (χ0v) is 13.2. The van der Waals surface area contributed by atoms with E-state index in [2.05, 4.69) is 33.5 Å². The summed E-state index contributed by atoms with van der Waals surface area (Å²) in [5, 5.41) is 7.49. The van der Waals surface area contributed by atoms with Crippen molar-refractivity contribution in [2.45, 2.75) is 64.2 Å². The van der Waals surface area contributed by atoms with Crippen LogP contribution in [0.5, 0.6) is 0 Å². The Kier molecular flexibility index (Phi) is 4.12. The number of ether oxygens (including phenoxy) is 1. The van der Waals surface area contributed by atoms with Crippen molar-refractivity contribution in [2.75, 3.05) is 18.0 Å². The standard InChI is InChI=1S/C14H24N4OS/c1-10-8-17(9-11(2)19-10)13-15-16-14(20)18(13)12-6-4-3-5-7-12/h10-12H,3-9H2,1-2H3,(H,16,20)/t10-,11+. The van der Waals surface area contributed by atoms with Gasteiger partial charge < -0.3 is 9.64 Å². The molecule has 1 saturated heterocycles. The van der Waals surface area contributed by atoms with Gasteiger partial charge in [0.15, 0.2) is 4.77 Å². The number of anilines is 1. The van der Waals surface area contributed by atoms with E-state index in [0.29, 0.717) is 6.04 Å². The van der Waals surface area contributed by atoms with Gasteiger partial charge in [-0.3, -0.25) is 4.57 Å². The lowest BCUT2D eigenvalue weighted by atomic mass is 9.95. The quantitative estimate of drug-likeness (QED) is 0.852. The van der Waals surface area contributed by atoms with Gasteiger partial charge in [-0.05, 0) is 38.9 Å². The van der Waals surface area contributed by atoms with Crippen molar-refractivity contribution in [1.29, 1.82) is 0 Å². The van der Waals surface area contributed by atoms with Crippen molar-refractivity contribution >= 4 is 18.2 Å². The number of H-pyrrole nitrogens is 1. The summed E-state index contributed by atoms with van der Waals surface area (Å²) in [5.74, 6) is 1.00. The van der Waals surface area contributed by atoms with Crippen molar-refractivity contribution in [3.05, 3.63) is 4.77 Å². The Morgan fingerprint density at radius 1 is 1.15 bits per heavy atom. The number of hydrogen-bond acceptors (Lipinski definition) is 4. The van der Waals surface area contributed by atoms with Crippen LogP contribution in [0.3, 0.4) is 0 Å². The first kappa shape index (κ1) is 14.1. The predicted molar refractivity (Wildman–Crippen MR) is 81.8 cm³/mol. The monoisotopic (exact) mass is 296 g/mol. The van der Waals surface area contributed by atoms with E-state index >= 15 is 0 Å². The van der Waals surface area contributed by atoms with Crippen LogP contribution in [0, 0.1) is 4.77 Å². The molecule has 0 bridgehead atoms. The van der Waals surface area contributed by atoms with Gasteiger partial charge in [-0.15, -0.1) is 5.10 Å². The third-order valence-electron chi connectivity index (χ3n) is 4.33. The second kappa shape index (κ2) is 5.85. The van der Waals surface area contributed by atoms with Crippen molar-refractivity contribution in [2.24, 2.45) is 0 Å². The summed E-state index contributed by atoms with van der Waals surface area (Å²) >= 11 is 5.47. The highest BCUT2D eigenvalue weighted by Crippen LogP contribution is 2.32. The number of aromatic amines is 1. The molecule has 5 nitrogen and oxygen atoms in total. The van der Waals surface area contributed by atoms with Gasteiger partial charge in [0.1, 0.15) is 0 Å². The zero-order valence-electron chi connectivity index (χ0n) is 12.3. The van der Waals surface area contributed by atoms with E-state index in [9.17, 15) is 0 Å².